The van der Waals surface area contributed by atoms with Gasteiger partial charge in [0.15, 0.2) is 0 Å². The summed E-state index contributed by atoms with van der Waals surface area (Å²) in [6.45, 7) is 2.60. The maximum Gasteiger partial charge on any atom is 0.253 e. The first-order chi connectivity index (χ1) is 10.0. The van der Waals surface area contributed by atoms with Crippen LogP contribution in [-0.2, 0) is 13.0 Å². The van der Waals surface area contributed by atoms with Crippen molar-refractivity contribution in [2.24, 2.45) is 0 Å². The molecule has 3 nitrogen and oxygen atoms in total. The van der Waals surface area contributed by atoms with Crippen molar-refractivity contribution in [3.63, 3.8) is 0 Å². The van der Waals surface area contributed by atoms with E-state index in [1.165, 1.54) is 23.8 Å². The van der Waals surface area contributed by atoms with Crippen LogP contribution in [0.5, 0.6) is 0 Å². The van der Waals surface area contributed by atoms with E-state index in [0.717, 1.165) is 12.0 Å². The highest BCUT2D eigenvalue weighted by molar-refractivity contribution is 5.94. The zero-order valence-corrected chi connectivity index (χ0v) is 12.3. The van der Waals surface area contributed by atoms with Crippen LogP contribution >= 0.6 is 0 Å². The number of benzene rings is 2. The second kappa shape index (κ2) is 6.39. The van der Waals surface area contributed by atoms with E-state index < -0.39 is 5.82 Å². The second-order valence-electron chi connectivity index (χ2n) is 5.07. The molecule has 0 aliphatic rings. The largest absolute Gasteiger partial charge is 0.396 e. The molecule has 0 unspecified atom stereocenters. The number of nitrogen functional groups attached to an aromatic ring is 1. The number of carbonyl (C=O) groups excluding carboxylic acids is 1. The molecular formula is C17H19FN2O. The first-order valence-corrected chi connectivity index (χ1v) is 6.89. The summed E-state index contributed by atoms with van der Waals surface area (Å²) in [5, 5.41) is 0. The van der Waals surface area contributed by atoms with Gasteiger partial charge in [-0.15, -0.1) is 0 Å². The monoisotopic (exact) mass is 286 g/mol. The third kappa shape index (κ3) is 3.60. The molecule has 4 heteroatoms. The molecule has 0 atom stereocenters. The van der Waals surface area contributed by atoms with Gasteiger partial charge in [-0.1, -0.05) is 31.2 Å². The summed E-state index contributed by atoms with van der Waals surface area (Å²) in [5.41, 5.74) is 8.19. The molecule has 1 amide bonds. The van der Waals surface area contributed by atoms with Crippen LogP contribution in [0.25, 0.3) is 0 Å². The summed E-state index contributed by atoms with van der Waals surface area (Å²) in [6.07, 6.45) is 0.990. The van der Waals surface area contributed by atoms with E-state index in [2.05, 4.69) is 19.1 Å². The van der Waals surface area contributed by atoms with Crippen LogP contribution in [0.2, 0.25) is 0 Å². The van der Waals surface area contributed by atoms with Crippen LogP contribution < -0.4 is 5.73 Å². The zero-order chi connectivity index (χ0) is 15.4. The minimum atomic E-state index is -0.510. The highest BCUT2D eigenvalue weighted by Gasteiger charge is 2.13. The fraction of sp³-hybridized carbons (Fsp3) is 0.235. The molecule has 0 saturated carbocycles. The molecule has 21 heavy (non-hydrogen) atoms. The normalized spacial score (nSPS) is 10.4. The summed E-state index contributed by atoms with van der Waals surface area (Å²) in [7, 11) is 1.72. The lowest BCUT2D eigenvalue weighted by atomic mass is 10.1. The van der Waals surface area contributed by atoms with Crippen molar-refractivity contribution in [3.05, 3.63) is 65.0 Å². The Morgan fingerprint density at radius 2 is 1.76 bits per heavy atom. The molecule has 0 spiro atoms. The highest BCUT2D eigenvalue weighted by Crippen LogP contribution is 2.15. The van der Waals surface area contributed by atoms with Gasteiger partial charge in [0.1, 0.15) is 5.82 Å². The standard InChI is InChI=1S/C17H19FN2O/c1-3-12-4-6-13(7-5-12)11-20(2)17(21)14-8-9-15(18)16(19)10-14/h4-10H,3,11,19H2,1-2H3. The molecule has 110 valence electrons. The molecule has 0 aliphatic heterocycles. The summed E-state index contributed by atoms with van der Waals surface area (Å²) >= 11 is 0. The molecule has 2 rings (SSSR count). The topological polar surface area (TPSA) is 46.3 Å². The number of rotatable bonds is 4. The summed E-state index contributed by atoms with van der Waals surface area (Å²) < 4.78 is 13.1. The van der Waals surface area contributed by atoms with Crippen molar-refractivity contribution in [2.45, 2.75) is 19.9 Å². The number of aryl methyl sites for hydroxylation is 1. The zero-order valence-electron chi connectivity index (χ0n) is 12.3. The lowest BCUT2D eigenvalue weighted by Gasteiger charge is -2.18. The maximum absolute atomic E-state index is 13.1. The number of nitrogens with zero attached hydrogens (tertiary/aromatic N) is 1. The van der Waals surface area contributed by atoms with Gasteiger partial charge in [0, 0.05) is 19.2 Å². The second-order valence-corrected chi connectivity index (χ2v) is 5.07. The molecular weight excluding hydrogens is 267 g/mol. The van der Waals surface area contributed by atoms with Crippen molar-refractivity contribution >= 4 is 11.6 Å². The maximum atomic E-state index is 13.1. The third-order valence-corrected chi connectivity index (χ3v) is 3.44. The minimum Gasteiger partial charge on any atom is -0.396 e. The van der Waals surface area contributed by atoms with Crippen molar-refractivity contribution in [1.82, 2.24) is 4.90 Å². The Labute approximate surface area is 124 Å². The van der Waals surface area contributed by atoms with Crippen molar-refractivity contribution in [1.29, 1.82) is 0 Å². The summed E-state index contributed by atoms with van der Waals surface area (Å²) in [4.78, 5) is 13.9. The number of hydrogen-bond acceptors (Lipinski definition) is 2. The van der Waals surface area contributed by atoms with Crippen molar-refractivity contribution in [3.8, 4) is 0 Å². The van der Waals surface area contributed by atoms with E-state index in [0.29, 0.717) is 12.1 Å². The van der Waals surface area contributed by atoms with Crippen molar-refractivity contribution < 1.29 is 9.18 Å². The van der Waals surface area contributed by atoms with E-state index >= 15 is 0 Å². The first kappa shape index (κ1) is 15.0. The number of carbonyl (C=O) groups is 1. The fourth-order valence-electron chi connectivity index (χ4n) is 2.12. The van der Waals surface area contributed by atoms with Crippen LogP contribution in [-0.4, -0.2) is 17.9 Å². The average molecular weight is 286 g/mol. The summed E-state index contributed by atoms with van der Waals surface area (Å²) in [5.74, 6) is -0.689. The highest BCUT2D eigenvalue weighted by atomic mass is 19.1. The predicted octanol–water partition coefficient (Wildman–Crippen LogP) is 3.24. The lowest BCUT2D eigenvalue weighted by molar-refractivity contribution is 0.0785. The molecule has 2 aromatic rings. The van der Waals surface area contributed by atoms with Crippen LogP contribution in [0.3, 0.4) is 0 Å². The minimum absolute atomic E-state index is 0.0125. The van der Waals surface area contributed by atoms with Gasteiger partial charge >= 0.3 is 0 Å². The average Bonchev–Trinajstić information content (AvgIpc) is 2.50. The molecule has 0 fully saturated rings. The smallest absolute Gasteiger partial charge is 0.253 e. The number of halogens is 1. The van der Waals surface area contributed by atoms with E-state index in [-0.39, 0.29) is 11.6 Å². The molecule has 0 radical (unpaired) electrons. The molecule has 0 heterocycles. The Hall–Kier alpha value is -2.36. The van der Waals surface area contributed by atoms with Gasteiger partial charge in [-0.25, -0.2) is 4.39 Å². The van der Waals surface area contributed by atoms with Gasteiger partial charge in [0.25, 0.3) is 5.91 Å². The Bertz CT molecular complexity index is 638. The van der Waals surface area contributed by atoms with Gasteiger partial charge in [-0.3, -0.25) is 4.79 Å². The first-order valence-electron chi connectivity index (χ1n) is 6.89. The lowest BCUT2D eigenvalue weighted by Crippen LogP contribution is -2.26. The fourth-order valence-corrected chi connectivity index (χ4v) is 2.12. The Morgan fingerprint density at radius 1 is 1.14 bits per heavy atom. The van der Waals surface area contributed by atoms with Gasteiger partial charge in [-0.05, 0) is 35.7 Å². The summed E-state index contributed by atoms with van der Waals surface area (Å²) in [6, 6.07) is 12.2. The van der Waals surface area contributed by atoms with E-state index in [1.807, 2.05) is 12.1 Å². The number of amides is 1. The number of anilines is 1. The SMILES string of the molecule is CCc1ccc(CN(C)C(=O)c2ccc(F)c(N)c2)cc1. The van der Waals surface area contributed by atoms with Crippen molar-refractivity contribution in [2.75, 3.05) is 12.8 Å². The molecule has 0 bridgehead atoms. The molecule has 0 saturated heterocycles. The van der Waals surface area contributed by atoms with Crippen LogP contribution in [0.4, 0.5) is 10.1 Å². The molecule has 0 aliphatic carbocycles. The Balaban J connectivity index is 2.09. The van der Waals surface area contributed by atoms with Gasteiger partial charge in [-0.2, -0.15) is 0 Å². The Kier molecular flexibility index (Phi) is 4.58. The molecule has 0 aromatic heterocycles. The van der Waals surface area contributed by atoms with Crippen LogP contribution in [0, 0.1) is 5.82 Å². The van der Waals surface area contributed by atoms with Crippen LogP contribution in [0.15, 0.2) is 42.5 Å². The quantitative estimate of drug-likeness (QED) is 0.877. The van der Waals surface area contributed by atoms with Crippen LogP contribution in [0.1, 0.15) is 28.4 Å². The number of nitrogens with two attached hydrogens (primary N) is 1. The number of hydrogen-bond donors (Lipinski definition) is 1. The van der Waals surface area contributed by atoms with Gasteiger partial charge in [0.2, 0.25) is 0 Å². The van der Waals surface area contributed by atoms with Gasteiger partial charge in [0.05, 0.1) is 5.69 Å². The molecule has 2 aromatic carbocycles. The van der Waals surface area contributed by atoms with Gasteiger partial charge < -0.3 is 10.6 Å². The molecule has 2 N–H and O–H groups in total. The van der Waals surface area contributed by atoms with E-state index in [9.17, 15) is 9.18 Å². The Morgan fingerprint density at radius 3 is 2.33 bits per heavy atom. The van der Waals surface area contributed by atoms with E-state index in [1.54, 1.807) is 11.9 Å². The van der Waals surface area contributed by atoms with E-state index in [4.69, 9.17) is 5.73 Å². The third-order valence-electron chi connectivity index (χ3n) is 3.44. The predicted molar refractivity (Wildman–Crippen MR) is 82.4 cm³/mol.